The molecule has 1 aromatic rings. The third-order valence-electron chi connectivity index (χ3n) is 2.58. The molecule has 1 fully saturated rings. The largest absolute Gasteiger partial charge is 0.449 e. The fourth-order valence-corrected chi connectivity index (χ4v) is 1.36. The van der Waals surface area contributed by atoms with Crippen molar-refractivity contribution in [1.29, 1.82) is 0 Å². The highest BCUT2D eigenvalue weighted by Gasteiger charge is 2.22. The van der Waals surface area contributed by atoms with Gasteiger partial charge in [0.25, 0.3) is 0 Å². The fourth-order valence-electron chi connectivity index (χ4n) is 1.36. The number of nitrogens with two attached hydrogens (primary N) is 1. The summed E-state index contributed by atoms with van der Waals surface area (Å²) in [6.07, 6.45) is 1.98. The summed E-state index contributed by atoms with van der Waals surface area (Å²) in [7, 11) is 0. The molecule has 0 aromatic heterocycles. The van der Waals surface area contributed by atoms with E-state index in [1.54, 1.807) is 0 Å². The smallest absolute Gasteiger partial charge is 0.411 e. The minimum Gasteiger partial charge on any atom is -0.449 e. The molecule has 1 aliphatic rings. The van der Waals surface area contributed by atoms with Crippen LogP contribution in [-0.4, -0.2) is 12.7 Å². The Balaban J connectivity index is 1.79. The maximum Gasteiger partial charge on any atom is 0.411 e. The van der Waals surface area contributed by atoms with Crippen molar-refractivity contribution < 1.29 is 9.53 Å². The Morgan fingerprint density at radius 1 is 1.38 bits per heavy atom. The highest BCUT2D eigenvalue weighted by Crippen LogP contribution is 2.28. The summed E-state index contributed by atoms with van der Waals surface area (Å²) in [5.74, 6) is 0.588. The summed E-state index contributed by atoms with van der Waals surface area (Å²) in [6, 6.07) is 7.41. The third kappa shape index (κ3) is 3.24. The van der Waals surface area contributed by atoms with Crippen molar-refractivity contribution in [3.63, 3.8) is 0 Å². The zero-order valence-corrected chi connectivity index (χ0v) is 9.11. The molecule has 0 bridgehead atoms. The molecule has 86 valence electrons. The van der Waals surface area contributed by atoms with Gasteiger partial charge in [-0.15, -0.1) is 0 Å². The normalized spacial score (nSPS) is 14.6. The highest BCUT2D eigenvalue weighted by molar-refractivity contribution is 5.84. The molecule has 3 N–H and O–H groups in total. The number of benzene rings is 1. The van der Waals surface area contributed by atoms with Crippen LogP contribution in [0.3, 0.4) is 0 Å². The van der Waals surface area contributed by atoms with Crippen LogP contribution in [0.4, 0.5) is 10.5 Å². The molecule has 1 saturated carbocycles. The summed E-state index contributed by atoms with van der Waals surface area (Å²) in [5, 5.41) is 2.67. The average molecular weight is 220 g/mol. The van der Waals surface area contributed by atoms with Crippen LogP contribution in [-0.2, 0) is 11.3 Å². The number of ether oxygens (including phenoxy) is 1. The molecule has 4 heteroatoms. The number of carbonyl (C=O) groups excluding carboxylic acids is 1. The standard InChI is InChI=1S/C12H16N2O2/c13-7-9-3-5-11(6-4-9)14-12(15)16-8-10-1-2-10/h3-6,10H,1-2,7-8,13H2,(H,14,15). The second-order valence-electron chi connectivity index (χ2n) is 4.07. The van der Waals surface area contributed by atoms with Gasteiger partial charge in [0, 0.05) is 12.2 Å². The molecule has 0 heterocycles. The first-order valence-corrected chi connectivity index (χ1v) is 5.50. The van der Waals surface area contributed by atoms with Gasteiger partial charge in [-0.2, -0.15) is 0 Å². The predicted octanol–water partition coefficient (Wildman–Crippen LogP) is 2.10. The van der Waals surface area contributed by atoms with Crippen molar-refractivity contribution in [2.24, 2.45) is 11.7 Å². The van der Waals surface area contributed by atoms with E-state index in [1.165, 1.54) is 12.8 Å². The van der Waals surface area contributed by atoms with E-state index < -0.39 is 0 Å². The summed E-state index contributed by atoms with van der Waals surface area (Å²) >= 11 is 0. The number of amides is 1. The maximum atomic E-state index is 11.3. The van der Waals surface area contributed by atoms with Crippen LogP contribution < -0.4 is 11.1 Å². The van der Waals surface area contributed by atoms with Crippen LogP contribution in [0.15, 0.2) is 24.3 Å². The summed E-state index contributed by atoms with van der Waals surface area (Å²) < 4.78 is 5.05. The van der Waals surface area contributed by atoms with E-state index in [2.05, 4.69) is 5.32 Å². The molecular formula is C12H16N2O2. The van der Waals surface area contributed by atoms with Crippen LogP contribution in [0, 0.1) is 5.92 Å². The van der Waals surface area contributed by atoms with Crippen molar-refractivity contribution in [2.75, 3.05) is 11.9 Å². The number of hydrogen-bond donors (Lipinski definition) is 2. The Morgan fingerprint density at radius 3 is 2.62 bits per heavy atom. The van der Waals surface area contributed by atoms with Gasteiger partial charge in [-0.3, -0.25) is 5.32 Å². The highest BCUT2D eigenvalue weighted by atomic mass is 16.5. The number of carbonyl (C=O) groups is 1. The molecule has 0 radical (unpaired) electrons. The molecule has 0 spiro atoms. The summed E-state index contributed by atoms with van der Waals surface area (Å²) in [6.45, 7) is 1.04. The monoisotopic (exact) mass is 220 g/mol. The van der Waals surface area contributed by atoms with Gasteiger partial charge in [0.2, 0.25) is 0 Å². The Labute approximate surface area is 94.8 Å². The maximum absolute atomic E-state index is 11.3. The van der Waals surface area contributed by atoms with Crippen molar-refractivity contribution in [1.82, 2.24) is 0 Å². The minimum absolute atomic E-state index is 0.382. The number of anilines is 1. The number of hydrogen-bond acceptors (Lipinski definition) is 3. The Kier molecular flexibility index (Phi) is 3.41. The van der Waals surface area contributed by atoms with Crippen LogP contribution in [0.2, 0.25) is 0 Å². The molecule has 0 atom stereocenters. The molecule has 2 rings (SSSR count). The first-order valence-electron chi connectivity index (χ1n) is 5.50. The third-order valence-corrected chi connectivity index (χ3v) is 2.58. The molecule has 0 saturated heterocycles. The molecule has 1 aliphatic carbocycles. The summed E-state index contributed by atoms with van der Waals surface area (Å²) in [5.41, 5.74) is 7.25. The molecular weight excluding hydrogens is 204 g/mol. The van der Waals surface area contributed by atoms with E-state index in [9.17, 15) is 4.79 Å². The Bertz CT molecular complexity index is 358. The van der Waals surface area contributed by atoms with Gasteiger partial charge in [-0.25, -0.2) is 4.79 Å². The lowest BCUT2D eigenvalue weighted by Crippen LogP contribution is -2.15. The van der Waals surface area contributed by atoms with Crippen molar-refractivity contribution in [3.05, 3.63) is 29.8 Å². The van der Waals surface area contributed by atoms with Gasteiger partial charge in [-0.1, -0.05) is 12.1 Å². The van der Waals surface area contributed by atoms with Crippen LogP contribution >= 0.6 is 0 Å². The lowest BCUT2D eigenvalue weighted by Gasteiger charge is -2.06. The lowest BCUT2D eigenvalue weighted by molar-refractivity contribution is 0.156. The van der Waals surface area contributed by atoms with E-state index >= 15 is 0 Å². The molecule has 4 nitrogen and oxygen atoms in total. The lowest BCUT2D eigenvalue weighted by atomic mass is 10.2. The van der Waals surface area contributed by atoms with E-state index in [0.29, 0.717) is 19.1 Å². The Hall–Kier alpha value is -1.55. The van der Waals surface area contributed by atoms with Crippen molar-refractivity contribution in [2.45, 2.75) is 19.4 Å². The quantitative estimate of drug-likeness (QED) is 0.816. The van der Waals surface area contributed by atoms with Gasteiger partial charge < -0.3 is 10.5 Å². The van der Waals surface area contributed by atoms with Crippen molar-refractivity contribution in [3.8, 4) is 0 Å². The topological polar surface area (TPSA) is 64.3 Å². The molecule has 1 amide bonds. The zero-order chi connectivity index (χ0) is 11.4. The average Bonchev–Trinajstić information content (AvgIpc) is 3.11. The molecule has 1 aromatic carbocycles. The van der Waals surface area contributed by atoms with E-state index in [0.717, 1.165) is 11.3 Å². The molecule has 16 heavy (non-hydrogen) atoms. The van der Waals surface area contributed by atoms with E-state index in [1.807, 2.05) is 24.3 Å². The number of rotatable bonds is 4. The van der Waals surface area contributed by atoms with E-state index in [-0.39, 0.29) is 6.09 Å². The van der Waals surface area contributed by atoms with Gasteiger partial charge in [0.05, 0.1) is 6.61 Å². The molecule has 0 unspecified atom stereocenters. The van der Waals surface area contributed by atoms with E-state index in [4.69, 9.17) is 10.5 Å². The van der Waals surface area contributed by atoms with Crippen molar-refractivity contribution >= 4 is 11.8 Å². The second-order valence-corrected chi connectivity index (χ2v) is 4.07. The minimum atomic E-state index is -0.382. The first kappa shape index (κ1) is 11.0. The molecule has 0 aliphatic heterocycles. The van der Waals surface area contributed by atoms with Crippen LogP contribution in [0.1, 0.15) is 18.4 Å². The van der Waals surface area contributed by atoms with Gasteiger partial charge >= 0.3 is 6.09 Å². The first-order chi connectivity index (χ1) is 7.78. The Morgan fingerprint density at radius 2 is 2.06 bits per heavy atom. The van der Waals surface area contributed by atoms with Crippen LogP contribution in [0.5, 0.6) is 0 Å². The second kappa shape index (κ2) is 4.99. The van der Waals surface area contributed by atoms with Gasteiger partial charge in [0.15, 0.2) is 0 Å². The van der Waals surface area contributed by atoms with Gasteiger partial charge in [0.1, 0.15) is 0 Å². The fraction of sp³-hybridized carbons (Fsp3) is 0.417. The SMILES string of the molecule is NCc1ccc(NC(=O)OCC2CC2)cc1. The predicted molar refractivity (Wildman–Crippen MR) is 62.0 cm³/mol. The number of nitrogens with one attached hydrogen (secondary N) is 1. The summed E-state index contributed by atoms with van der Waals surface area (Å²) in [4.78, 5) is 11.3. The van der Waals surface area contributed by atoms with Crippen LogP contribution in [0.25, 0.3) is 0 Å². The zero-order valence-electron chi connectivity index (χ0n) is 9.11. The van der Waals surface area contributed by atoms with Gasteiger partial charge in [-0.05, 0) is 36.5 Å².